The van der Waals surface area contributed by atoms with E-state index in [9.17, 15) is 9.18 Å². The summed E-state index contributed by atoms with van der Waals surface area (Å²) in [6.45, 7) is 7.74. The molecule has 0 aliphatic carbocycles. The van der Waals surface area contributed by atoms with Crippen molar-refractivity contribution in [2.75, 3.05) is 25.5 Å². The monoisotopic (exact) mass is 498 g/mol. The maximum atomic E-state index is 14.0. The van der Waals surface area contributed by atoms with Crippen molar-refractivity contribution in [3.05, 3.63) is 60.3 Å². The molecule has 3 aromatic rings. The minimum absolute atomic E-state index is 0.0374. The number of pyridine rings is 1. The number of allylic oxidation sites excluding steroid dienone is 1. The molecule has 1 amide bonds. The first kappa shape index (κ1) is 26.2. The molecule has 0 bridgehead atoms. The highest BCUT2D eigenvalue weighted by atomic mass is 32.1. The van der Waals surface area contributed by atoms with Crippen LogP contribution in [0, 0.1) is 5.82 Å². The highest BCUT2D eigenvalue weighted by molar-refractivity contribution is 7.18. The van der Waals surface area contributed by atoms with E-state index in [2.05, 4.69) is 43.2 Å². The Morgan fingerprint density at radius 3 is 2.94 bits per heavy atom. The van der Waals surface area contributed by atoms with E-state index < -0.39 is 0 Å². The predicted molar refractivity (Wildman–Crippen MR) is 139 cm³/mol. The fourth-order valence-electron chi connectivity index (χ4n) is 3.65. The first-order chi connectivity index (χ1) is 17.0. The number of hydrogen-bond donors (Lipinski definition) is 4. The lowest BCUT2D eigenvalue weighted by Gasteiger charge is -2.12. The van der Waals surface area contributed by atoms with Gasteiger partial charge in [-0.05, 0) is 57.6 Å². The lowest BCUT2D eigenvalue weighted by Crippen LogP contribution is -2.41. The van der Waals surface area contributed by atoms with Gasteiger partial charge in [0.1, 0.15) is 11.5 Å². The van der Waals surface area contributed by atoms with Crippen LogP contribution in [0.5, 0.6) is 0 Å². The molecule has 186 valence electrons. The fraction of sp³-hybridized carbons (Fsp3) is 0.333. The summed E-state index contributed by atoms with van der Waals surface area (Å²) in [7, 11) is 1.50. The number of carbonyl (C=O) groups excluding carboxylic acids is 1. The first-order valence-corrected chi connectivity index (χ1v) is 12.1. The molecular weight excluding hydrogens is 467 g/mol. The van der Waals surface area contributed by atoms with Crippen LogP contribution in [0.1, 0.15) is 31.2 Å². The second-order valence-corrected chi connectivity index (χ2v) is 8.70. The zero-order valence-corrected chi connectivity index (χ0v) is 20.7. The van der Waals surface area contributed by atoms with E-state index in [4.69, 9.17) is 0 Å². The summed E-state index contributed by atoms with van der Waals surface area (Å²) in [5.41, 5.74) is 7.24. The van der Waals surface area contributed by atoms with Crippen LogP contribution < -0.4 is 21.7 Å². The second kappa shape index (κ2) is 12.9. The average molecular weight is 499 g/mol. The van der Waals surface area contributed by atoms with Gasteiger partial charge in [-0.15, -0.1) is 0 Å². The molecule has 3 aromatic heterocycles. The molecule has 1 aliphatic rings. The number of nitrogens with one attached hydrogen (secondary N) is 3. The van der Waals surface area contributed by atoms with E-state index in [1.54, 1.807) is 30.9 Å². The molecule has 1 unspecified atom stereocenters. The lowest BCUT2D eigenvalue weighted by molar-refractivity contribution is -0.122. The third-order valence-corrected chi connectivity index (χ3v) is 6.20. The molecule has 5 N–H and O–H groups in total. The number of nitrogens with zero attached hydrogens (tertiary/aromatic N) is 4. The van der Waals surface area contributed by atoms with Gasteiger partial charge in [-0.3, -0.25) is 9.78 Å². The third-order valence-electron chi connectivity index (χ3n) is 5.29. The Hall–Kier alpha value is -3.41. The molecule has 11 heteroatoms. The van der Waals surface area contributed by atoms with Gasteiger partial charge in [-0.25, -0.2) is 14.4 Å². The number of carbonyl (C=O) groups is 1. The quantitative estimate of drug-likeness (QED) is 0.358. The topological polar surface area (TPSA) is 123 Å². The van der Waals surface area contributed by atoms with Crippen LogP contribution >= 0.6 is 11.3 Å². The average Bonchev–Trinajstić information content (AvgIpc) is 3.63. The first-order valence-electron chi connectivity index (χ1n) is 11.3. The molecule has 1 atom stereocenters. The van der Waals surface area contributed by atoms with Gasteiger partial charge >= 0.3 is 0 Å². The molecule has 0 saturated carbocycles. The second-order valence-electron chi connectivity index (χ2n) is 7.67. The maximum absolute atomic E-state index is 14.0. The number of imidazole rings is 1. The molecule has 1 aliphatic heterocycles. The van der Waals surface area contributed by atoms with E-state index in [0.29, 0.717) is 23.1 Å². The number of halogens is 1. The number of hydrogen-bond acceptors (Lipinski definition) is 8. The van der Waals surface area contributed by atoms with E-state index >= 15 is 0 Å². The molecule has 0 aromatic carbocycles. The smallest absolute Gasteiger partial charge is 0.237 e. The van der Waals surface area contributed by atoms with E-state index in [1.165, 1.54) is 24.5 Å². The Bertz CT molecular complexity index is 1170. The van der Waals surface area contributed by atoms with Gasteiger partial charge < -0.3 is 26.3 Å². The molecule has 1 saturated heterocycles. The number of thiazole rings is 1. The van der Waals surface area contributed by atoms with Crippen LogP contribution in [0.4, 0.5) is 9.52 Å². The zero-order valence-electron chi connectivity index (χ0n) is 19.9. The highest BCUT2D eigenvalue weighted by Crippen LogP contribution is 2.30. The van der Waals surface area contributed by atoms with Gasteiger partial charge in [-0.1, -0.05) is 17.9 Å². The minimum Gasteiger partial charge on any atom is -0.353 e. The lowest BCUT2D eigenvalue weighted by atomic mass is 10.2. The van der Waals surface area contributed by atoms with Crippen LogP contribution in [-0.4, -0.2) is 51.6 Å². The molecule has 0 spiro atoms. The summed E-state index contributed by atoms with van der Waals surface area (Å²) in [5.74, 6) is -0.342. The van der Waals surface area contributed by atoms with Crippen molar-refractivity contribution in [3.8, 4) is 10.6 Å². The van der Waals surface area contributed by atoms with Crippen molar-refractivity contribution < 1.29 is 9.18 Å². The third kappa shape index (κ3) is 6.81. The number of rotatable bonds is 9. The molecule has 0 radical (unpaired) electrons. The standard InChI is InChI=1S/C23H26FN7OS.CH5N/c1-3-17-19(31(14-29-17)11-10-27-22(32)18-7-5-8-25-18)12-15(2)30-23-28-13-20(33-23)21-16(24)6-4-9-26-21;1-2/h3-4,6,9,12-14,18,25H,1,5,7-8,10-11H2,2H3,(H,27,32)(H,28,30);2H2,1H3/b15-12+;. The summed E-state index contributed by atoms with van der Waals surface area (Å²) >= 11 is 1.32. The minimum atomic E-state index is -0.379. The van der Waals surface area contributed by atoms with Crippen molar-refractivity contribution in [2.45, 2.75) is 32.4 Å². The van der Waals surface area contributed by atoms with Crippen LogP contribution in [0.25, 0.3) is 22.7 Å². The van der Waals surface area contributed by atoms with Crippen molar-refractivity contribution in [1.29, 1.82) is 0 Å². The van der Waals surface area contributed by atoms with Crippen molar-refractivity contribution >= 4 is 34.5 Å². The number of anilines is 1. The fourth-order valence-corrected chi connectivity index (χ4v) is 4.53. The van der Waals surface area contributed by atoms with Crippen molar-refractivity contribution in [3.63, 3.8) is 0 Å². The van der Waals surface area contributed by atoms with Crippen LogP contribution in [0.3, 0.4) is 0 Å². The van der Waals surface area contributed by atoms with Crippen LogP contribution in [-0.2, 0) is 11.3 Å². The Kier molecular flexibility index (Phi) is 9.65. The maximum Gasteiger partial charge on any atom is 0.237 e. The summed E-state index contributed by atoms with van der Waals surface area (Å²) in [6, 6.07) is 2.85. The molecule has 9 nitrogen and oxygen atoms in total. The Labute approximate surface area is 208 Å². The predicted octanol–water partition coefficient (Wildman–Crippen LogP) is 3.10. The number of aromatic nitrogens is 4. The van der Waals surface area contributed by atoms with E-state index in [-0.39, 0.29) is 23.5 Å². The van der Waals surface area contributed by atoms with Crippen molar-refractivity contribution in [2.24, 2.45) is 5.73 Å². The highest BCUT2D eigenvalue weighted by Gasteiger charge is 2.21. The van der Waals surface area contributed by atoms with Crippen LogP contribution in [0.2, 0.25) is 0 Å². The summed E-state index contributed by atoms with van der Waals surface area (Å²) < 4.78 is 16.0. The zero-order chi connectivity index (χ0) is 25.2. The van der Waals surface area contributed by atoms with E-state index in [0.717, 1.165) is 36.5 Å². The van der Waals surface area contributed by atoms with E-state index in [1.807, 2.05) is 17.6 Å². The summed E-state index contributed by atoms with van der Waals surface area (Å²) in [4.78, 5) is 25.7. The number of nitrogens with two attached hydrogens (primary N) is 1. The molecule has 4 heterocycles. The Morgan fingerprint density at radius 2 is 2.23 bits per heavy atom. The van der Waals surface area contributed by atoms with Gasteiger partial charge in [0.25, 0.3) is 0 Å². The van der Waals surface area contributed by atoms with Gasteiger partial charge in [0.05, 0.1) is 28.6 Å². The largest absolute Gasteiger partial charge is 0.353 e. The molecule has 1 fully saturated rings. The molecule has 35 heavy (non-hydrogen) atoms. The number of amides is 1. The molecular formula is C24H31FN8OS. The van der Waals surface area contributed by atoms with Gasteiger partial charge in [0.15, 0.2) is 5.13 Å². The Balaban J connectivity index is 0.00000167. The van der Waals surface area contributed by atoms with Gasteiger partial charge in [0.2, 0.25) is 5.91 Å². The van der Waals surface area contributed by atoms with Crippen molar-refractivity contribution in [1.82, 2.24) is 30.2 Å². The summed E-state index contributed by atoms with van der Waals surface area (Å²) in [6.07, 6.45) is 10.5. The van der Waals surface area contributed by atoms with Gasteiger partial charge in [-0.2, -0.15) is 0 Å². The Morgan fingerprint density at radius 1 is 1.40 bits per heavy atom. The van der Waals surface area contributed by atoms with Crippen LogP contribution in [0.15, 0.2) is 43.1 Å². The van der Waals surface area contributed by atoms with Gasteiger partial charge in [0, 0.05) is 31.2 Å². The summed E-state index contributed by atoms with van der Waals surface area (Å²) in [5, 5.41) is 10.1. The SMILES string of the molecule is C=Cc1ncn(CCNC(=O)C2CCCN2)c1/C=C(\C)Nc1ncc(-c2ncccc2F)s1.CN. The molecule has 4 rings (SSSR count). The normalized spacial score (nSPS) is 15.3.